The van der Waals surface area contributed by atoms with Gasteiger partial charge in [0, 0.05) is 5.46 Å². The van der Waals surface area contributed by atoms with E-state index in [1.807, 2.05) is 13.8 Å². The average Bonchev–Trinajstić information content (AvgIpc) is 2.35. The molecule has 0 amide bonds. The summed E-state index contributed by atoms with van der Waals surface area (Å²) in [7, 11) is -1.48. The highest BCUT2D eigenvalue weighted by Crippen LogP contribution is 1.96. The molecule has 0 unspecified atom stereocenters. The highest BCUT2D eigenvalue weighted by atomic mass is 16.5. The van der Waals surface area contributed by atoms with Crippen LogP contribution in [-0.4, -0.2) is 22.3 Å². The number of hydrogen-bond acceptors (Lipinski definition) is 4. The molecule has 5 heteroatoms. The summed E-state index contributed by atoms with van der Waals surface area (Å²) in [5.41, 5.74) is 0.882. The summed E-state index contributed by atoms with van der Waals surface area (Å²) in [6.07, 6.45) is 0. The molecule has 0 aliphatic heterocycles. The maximum atomic E-state index is 8.73. The monoisotopic (exact) mass is 171 g/mol. The van der Waals surface area contributed by atoms with Crippen molar-refractivity contribution in [3.05, 3.63) is 11.5 Å². The Hall–Kier alpha value is -0.805. The first-order valence-electron chi connectivity index (χ1n) is 3.92. The molecule has 1 aromatic heterocycles. The molecule has 4 nitrogen and oxygen atoms in total. The second-order valence-electron chi connectivity index (χ2n) is 2.11. The fraction of sp³-hybridized carbons (Fsp3) is 0.571. The Labute approximate surface area is 72.3 Å². The minimum Gasteiger partial charge on any atom is -0.423 e. The average molecular weight is 171 g/mol. The van der Waals surface area contributed by atoms with Gasteiger partial charge in [0.2, 0.25) is 0 Å². The third-order valence-corrected chi connectivity index (χ3v) is 1.35. The van der Waals surface area contributed by atoms with Crippen molar-refractivity contribution in [3.63, 3.8) is 0 Å². The number of aromatic nitrogens is 1. The second-order valence-corrected chi connectivity index (χ2v) is 2.11. The van der Waals surface area contributed by atoms with Crippen LogP contribution in [0.1, 0.15) is 25.3 Å². The topological polar surface area (TPSA) is 66.5 Å². The third kappa shape index (κ3) is 2.35. The Morgan fingerprint density at radius 1 is 1.25 bits per heavy atom. The van der Waals surface area contributed by atoms with E-state index in [2.05, 4.69) is 9.68 Å². The predicted molar refractivity (Wildman–Crippen MR) is 47.2 cm³/mol. The second kappa shape index (κ2) is 4.95. The third-order valence-electron chi connectivity index (χ3n) is 1.35. The summed E-state index contributed by atoms with van der Waals surface area (Å²) < 4.78 is 4.69. The highest BCUT2D eigenvalue weighted by Gasteiger charge is 2.20. The zero-order chi connectivity index (χ0) is 9.72. The molecule has 0 aromatic carbocycles. The fourth-order valence-electron chi connectivity index (χ4n) is 0.859. The first-order chi connectivity index (χ1) is 5.63. The first kappa shape index (κ1) is 11.2. The fourth-order valence-corrected chi connectivity index (χ4v) is 0.859. The molecule has 0 radical (unpaired) electrons. The summed E-state index contributed by atoms with van der Waals surface area (Å²) in [6.45, 7) is 7.29. The molecule has 0 saturated carbocycles. The number of rotatable bonds is 1. The SMILES string of the molecule is CC.Cc1noc(C)c1B(O)O. The quantitative estimate of drug-likeness (QED) is 0.583. The zero-order valence-corrected chi connectivity index (χ0v) is 7.83. The predicted octanol–water partition coefficient (Wildman–Crippen LogP) is -0.00256. The maximum Gasteiger partial charge on any atom is 0.494 e. The summed E-state index contributed by atoms with van der Waals surface area (Å²) in [6, 6.07) is 0. The van der Waals surface area contributed by atoms with E-state index in [1.165, 1.54) is 0 Å². The zero-order valence-electron chi connectivity index (χ0n) is 7.83. The Morgan fingerprint density at radius 2 is 1.75 bits per heavy atom. The van der Waals surface area contributed by atoms with Gasteiger partial charge in [0.15, 0.2) is 0 Å². The molecule has 0 atom stereocenters. The van der Waals surface area contributed by atoms with Gasteiger partial charge in [0.25, 0.3) is 0 Å². The molecule has 1 rings (SSSR count). The molecule has 68 valence electrons. The van der Waals surface area contributed by atoms with Crippen LogP contribution in [0.15, 0.2) is 4.52 Å². The van der Waals surface area contributed by atoms with Crippen LogP contribution >= 0.6 is 0 Å². The summed E-state index contributed by atoms with van der Waals surface area (Å²) in [4.78, 5) is 0. The van der Waals surface area contributed by atoms with E-state index in [0.29, 0.717) is 16.9 Å². The molecular formula is C7H14BNO3. The van der Waals surface area contributed by atoms with Crippen molar-refractivity contribution in [2.45, 2.75) is 27.7 Å². The molecule has 0 aliphatic rings. The molecule has 0 bridgehead atoms. The van der Waals surface area contributed by atoms with Crippen molar-refractivity contribution < 1.29 is 14.6 Å². The van der Waals surface area contributed by atoms with Gasteiger partial charge < -0.3 is 14.6 Å². The lowest BCUT2D eigenvalue weighted by molar-refractivity contribution is 0.392. The van der Waals surface area contributed by atoms with E-state index in [-0.39, 0.29) is 0 Å². The van der Waals surface area contributed by atoms with Crippen molar-refractivity contribution in [1.29, 1.82) is 0 Å². The van der Waals surface area contributed by atoms with Gasteiger partial charge in [-0.1, -0.05) is 19.0 Å². The molecule has 0 spiro atoms. The molecule has 2 N–H and O–H groups in total. The van der Waals surface area contributed by atoms with Gasteiger partial charge in [-0.25, -0.2) is 0 Å². The Balaban J connectivity index is 0.000000561. The van der Waals surface area contributed by atoms with E-state index in [1.54, 1.807) is 13.8 Å². The van der Waals surface area contributed by atoms with Gasteiger partial charge >= 0.3 is 7.12 Å². The minimum atomic E-state index is -1.48. The van der Waals surface area contributed by atoms with Gasteiger partial charge in [-0.3, -0.25) is 0 Å². The van der Waals surface area contributed by atoms with Crippen LogP contribution in [0.2, 0.25) is 0 Å². The molecule has 0 aliphatic carbocycles. The van der Waals surface area contributed by atoms with Crippen LogP contribution in [0.3, 0.4) is 0 Å². The first-order valence-corrected chi connectivity index (χ1v) is 3.92. The Bertz CT molecular complexity index is 215. The van der Waals surface area contributed by atoms with Crippen LogP contribution in [-0.2, 0) is 0 Å². The van der Waals surface area contributed by atoms with Gasteiger partial charge in [0.05, 0.1) is 5.69 Å². The molecule has 1 heterocycles. The molecular weight excluding hydrogens is 157 g/mol. The number of nitrogens with zero attached hydrogens (tertiary/aromatic N) is 1. The highest BCUT2D eigenvalue weighted by molar-refractivity contribution is 6.59. The molecule has 1 aromatic rings. The van der Waals surface area contributed by atoms with Crippen LogP contribution in [0.25, 0.3) is 0 Å². The van der Waals surface area contributed by atoms with Crippen molar-refractivity contribution >= 4 is 12.6 Å². The lowest BCUT2D eigenvalue weighted by Gasteiger charge is -1.93. The normalized spacial score (nSPS) is 8.83. The minimum absolute atomic E-state index is 0.361. The van der Waals surface area contributed by atoms with E-state index in [9.17, 15) is 0 Å². The standard InChI is InChI=1S/C5H8BNO3.C2H6/c1-3-5(6(8)9)4(2)10-7-3;1-2/h8-9H,1-2H3;1-2H3. The van der Waals surface area contributed by atoms with Gasteiger partial charge in [-0.2, -0.15) is 0 Å². The molecule has 0 fully saturated rings. The number of hydrogen-bond donors (Lipinski definition) is 2. The van der Waals surface area contributed by atoms with Crippen molar-refractivity contribution in [2.75, 3.05) is 0 Å². The Kier molecular flexibility index (Phi) is 4.62. The van der Waals surface area contributed by atoms with Gasteiger partial charge in [-0.15, -0.1) is 0 Å². The van der Waals surface area contributed by atoms with E-state index < -0.39 is 7.12 Å². The van der Waals surface area contributed by atoms with Crippen molar-refractivity contribution in [3.8, 4) is 0 Å². The maximum absolute atomic E-state index is 8.73. The van der Waals surface area contributed by atoms with E-state index in [0.717, 1.165) is 0 Å². The summed E-state index contributed by atoms with van der Waals surface area (Å²) in [5.74, 6) is 0.451. The van der Waals surface area contributed by atoms with E-state index in [4.69, 9.17) is 10.0 Å². The largest absolute Gasteiger partial charge is 0.494 e. The van der Waals surface area contributed by atoms with Crippen molar-refractivity contribution in [1.82, 2.24) is 5.16 Å². The van der Waals surface area contributed by atoms with Gasteiger partial charge in [0.1, 0.15) is 5.76 Å². The van der Waals surface area contributed by atoms with Crippen LogP contribution in [0.5, 0.6) is 0 Å². The smallest absolute Gasteiger partial charge is 0.423 e. The lowest BCUT2D eigenvalue weighted by Crippen LogP contribution is -2.32. The molecule has 0 saturated heterocycles. The number of aryl methyl sites for hydroxylation is 2. The summed E-state index contributed by atoms with van der Waals surface area (Å²) in [5, 5.41) is 21.0. The Morgan fingerprint density at radius 3 is 1.92 bits per heavy atom. The van der Waals surface area contributed by atoms with Crippen LogP contribution < -0.4 is 5.46 Å². The van der Waals surface area contributed by atoms with Gasteiger partial charge in [-0.05, 0) is 13.8 Å². The van der Waals surface area contributed by atoms with Crippen molar-refractivity contribution in [2.24, 2.45) is 0 Å². The van der Waals surface area contributed by atoms with Crippen LogP contribution in [0, 0.1) is 13.8 Å². The van der Waals surface area contributed by atoms with Crippen LogP contribution in [0.4, 0.5) is 0 Å². The summed E-state index contributed by atoms with van der Waals surface area (Å²) >= 11 is 0. The molecule has 12 heavy (non-hydrogen) atoms. The van der Waals surface area contributed by atoms with E-state index >= 15 is 0 Å². The lowest BCUT2D eigenvalue weighted by atomic mass is 9.79.